The van der Waals surface area contributed by atoms with Crippen molar-refractivity contribution in [2.24, 2.45) is 0 Å². The van der Waals surface area contributed by atoms with E-state index in [4.69, 9.17) is 33.7 Å². The molecule has 4 nitrogen and oxygen atoms in total. The third kappa shape index (κ3) is 2.55. The molecule has 1 heterocycles. The number of nitrogens with zero attached hydrogens (tertiary/aromatic N) is 2. The number of nitrogen functional groups attached to an aromatic ring is 1. The molecule has 0 saturated carbocycles. The van der Waals surface area contributed by atoms with Crippen LogP contribution in [-0.2, 0) is 6.61 Å². The molecule has 1 aromatic heterocycles. The van der Waals surface area contributed by atoms with E-state index in [1.807, 2.05) is 0 Å². The van der Waals surface area contributed by atoms with E-state index in [-0.39, 0.29) is 6.61 Å². The SMILES string of the molecule is Nc1snnc1COc1ccc(Cl)cc1Cl. The van der Waals surface area contributed by atoms with E-state index >= 15 is 0 Å². The predicted octanol–water partition coefficient (Wildman–Crippen LogP) is 3.01. The molecule has 0 saturated heterocycles. The topological polar surface area (TPSA) is 61.0 Å². The van der Waals surface area contributed by atoms with Crippen LogP contribution < -0.4 is 10.5 Å². The van der Waals surface area contributed by atoms with E-state index in [0.29, 0.717) is 26.5 Å². The van der Waals surface area contributed by atoms with Crippen molar-refractivity contribution in [1.82, 2.24) is 9.59 Å². The van der Waals surface area contributed by atoms with Gasteiger partial charge in [0.2, 0.25) is 0 Å². The molecule has 0 radical (unpaired) electrons. The van der Waals surface area contributed by atoms with Gasteiger partial charge in [0.15, 0.2) is 0 Å². The van der Waals surface area contributed by atoms with Crippen LogP contribution in [0.2, 0.25) is 10.0 Å². The van der Waals surface area contributed by atoms with Gasteiger partial charge in [0.25, 0.3) is 0 Å². The van der Waals surface area contributed by atoms with Gasteiger partial charge in [0, 0.05) is 16.6 Å². The Hall–Kier alpha value is -1.04. The van der Waals surface area contributed by atoms with Crippen LogP contribution in [0.1, 0.15) is 5.69 Å². The average Bonchev–Trinajstić information content (AvgIpc) is 2.63. The monoisotopic (exact) mass is 275 g/mol. The number of benzene rings is 1. The number of halogens is 2. The highest BCUT2D eigenvalue weighted by atomic mass is 35.5. The second-order valence-electron chi connectivity index (χ2n) is 2.95. The summed E-state index contributed by atoms with van der Waals surface area (Å²) in [6.45, 7) is 0.240. The van der Waals surface area contributed by atoms with Gasteiger partial charge < -0.3 is 10.5 Å². The van der Waals surface area contributed by atoms with Crippen molar-refractivity contribution in [3.05, 3.63) is 33.9 Å². The molecule has 0 unspecified atom stereocenters. The molecule has 2 N–H and O–H groups in total. The fourth-order valence-corrected chi connectivity index (χ4v) is 1.95. The Bertz CT molecular complexity index is 503. The second-order valence-corrected chi connectivity index (χ2v) is 4.58. The van der Waals surface area contributed by atoms with E-state index < -0.39 is 0 Å². The van der Waals surface area contributed by atoms with Crippen LogP contribution in [0.15, 0.2) is 18.2 Å². The summed E-state index contributed by atoms with van der Waals surface area (Å²) in [6, 6.07) is 5.01. The summed E-state index contributed by atoms with van der Waals surface area (Å²) in [5.74, 6) is 0.540. The summed E-state index contributed by atoms with van der Waals surface area (Å²) in [5, 5.41) is 5.39. The van der Waals surface area contributed by atoms with Crippen molar-refractivity contribution in [2.45, 2.75) is 6.61 Å². The zero-order valence-electron chi connectivity index (χ0n) is 7.98. The first-order valence-electron chi connectivity index (χ1n) is 4.31. The maximum absolute atomic E-state index is 5.94. The van der Waals surface area contributed by atoms with Crippen molar-refractivity contribution in [2.75, 3.05) is 5.73 Å². The van der Waals surface area contributed by atoms with Gasteiger partial charge in [-0.25, -0.2) is 0 Å². The Balaban J connectivity index is 2.08. The minimum absolute atomic E-state index is 0.240. The maximum atomic E-state index is 5.94. The highest BCUT2D eigenvalue weighted by Crippen LogP contribution is 2.28. The molecule has 0 fully saturated rings. The fraction of sp³-hybridized carbons (Fsp3) is 0.111. The first-order valence-corrected chi connectivity index (χ1v) is 5.84. The zero-order chi connectivity index (χ0) is 11.5. The summed E-state index contributed by atoms with van der Waals surface area (Å²) in [7, 11) is 0. The molecule has 2 rings (SSSR count). The normalized spacial score (nSPS) is 10.4. The minimum atomic E-state index is 0.240. The lowest BCUT2D eigenvalue weighted by atomic mass is 10.3. The third-order valence-corrected chi connectivity index (χ3v) is 2.97. The lowest BCUT2D eigenvalue weighted by molar-refractivity contribution is 0.302. The number of anilines is 1. The fourth-order valence-electron chi connectivity index (χ4n) is 1.05. The maximum Gasteiger partial charge on any atom is 0.138 e. The summed E-state index contributed by atoms with van der Waals surface area (Å²) < 4.78 is 9.15. The van der Waals surface area contributed by atoms with E-state index in [1.165, 1.54) is 0 Å². The summed E-state index contributed by atoms with van der Waals surface area (Å²) in [6.07, 6.45) is 0. The lowest BCUT2D eigenvalue weighted by Gasteiger charge is -2.06. The largest absolute Gasteiger partial charge is 0.486 e. The van der Waals surface area contributed by atoms with Gasteiger partial charge in [-0.3, -0.25) is 0 Å². The number of aromatic nitrogens is 2. The van der Waals surface area contributed by atoms with Gasteiger partial charge in [-0.1, -0.05) is 27.7 Å². The standard InChI is InChI=1S/C9H7Cl2N3OS/c10-5-1-2-8(6(11)3-5)15-4-7-9(12)16-14-13-7/h1-3H,4,12H2. The van der Waals surface area contributed by atoms with Crippen molar-refractivity contribution >= 4 is 39.7 Å². The molecule has 84 valence electrons. The molecule has 2 aromatic rings. The predicted molar refractivity (Wildman–Crippen MR) is 65.1 cm³/mol. The van der Waals surface area contributed by atoms with Crippen LogP contribution in [-0.4, -0.2) is 9.59 Å². The van der Waals surface area contributed by atoms with E-state index in [9.17, 15) is 0 Å². The van der Waals surface area contributed by atoms with Crippen molar-refractivity contribution in [3.63, 3.8) is 0 Å². The molecular formula is C9H7Cl2N3OS. The summed E-state index contributed by atoms with van der Waals surface area (Å²) in [5.41, 5.74) is 6.23. The quantitative estimate of drug-likeness (QED) is 0.936. The van der Waals surface area contributed by atoms with E-state index in [0.717, 1.165) is 11.5 Å². The highest BCUT2D eigenvalue weighted by Gasteiger charge is 2.07. The van der Waals surface area contributed by atoms with Gasteiger partial charge in [0.1, 0.15) is 23.1 Å². The molecule has 0 spiro atoms. The summed E-state index contributed by atoms with van der Waals surface area (Å²) >= 11 is 12.8. The molecule has 0 amide bonds. The Morgan fingerprint density at radius 1 is 1.38 bits per heavy atom. The van der Waals surface area contributed by atoms with Gasteiger partial charge in [0.05, 0.1) is 5.02 Å². The molecule has 16 heavy (non-hydrogen) atoms. The summed E-state index contributed by atoms with van der Waals surface area (Å²) in [4.78, 5) is 0. The second kappa shape index (κ2) is 4.86. The van der Waals surface area contributed by atoms with Crippen LogP contribution >= 0.6 is 34.7 Å². The van der Waals surface area contributed by atoms with Crippen molar-refractivity contribution < 1.29 is 4.74 Å². The third-order valence-electron chi connectivity index (χ3n) is 1.84. The van der Waals surface area contributed by atoms with E-state index in [1.54, 1.807) is 18.2 Å². The average molecular weight is 276 g/mol. The van der Waals surface area contributed by atoms with Crippen LogP contribution in [0.3, 0.4) is 0 Å². The Morgan fingerprint density at radius 3 is 2.81 bits per heavy atom. The van der Waals surface area contributed by atoms with Crippen LogP contribution in [0, 0.1) is 0 Å². The molecule has 0 aliphatic carbocycles. The lowest BCUT2D eigenvalue weighted by Crippen LogP contribution is -1.99. The van der Waals surface area contributed by atoms with Gasteiger partial charge in [-0.05, 0) is 18.2 Å². The van der Waals surface area contributed by atoms with Crippen molar-refractivity contribution in [3.8, 4) is 5.75 Å². The number of hydrogen-bond donors (Lipinski definition) is 1. The Labute approximate surface area is 106 Å². The molecule has 0 bridgehead atoms. The first-order chi connectivity index (χ1) is 7.66. The number of rotatable bonds is 3. The zero-order valence-corrected chi connectivity index (χ0v) is 10.3. The number of ether oxygens (including phenoxy) is 1. The smallest absolute Gasteiger partial charge is 0.138 e. The molecule has 1 aromatic carbocycles. The van der Waals surface area contributed by atoms with Gasteiger partial charge in [-0.15, -0.1) is 5.10 Å². The minimum Gasteiger partial charge on any atom is -0.486 e. The molecule has 0 atom stereocenters. The molecule has 0 aliphatic heterocycles. The molecule has 0 aliphatic rings. The van der Waals surface area contributed by atoms with Crippen molar-refractivity contribution in [1.29, 1.82) is 0 Å². The van der Waals surface area contributed by atoms with Crippen LogP contribution in [0.25, 0.3) is 0 Å². The number of hydrogen-bond acceptors (Lipinski definition) is 5. The molecule has 7 heteroatoms. The van der Waals surface area contributed by atoms with Gasteiger partial charge in [-0.2, -0.15) is 0 Å². The molecular weight excluding hydrogens is 269 g/mol. The van der Waals surface area contributed by atoms with Crippen LogP contribution in [0.5, 0.6) is 5.75 Å². The Kier molecular flexibility index (Phi) is 3.48. The van der Waals surface area contributed by atoms with E-state index in [2.05, 4.69) is 9.59 Å². The Morgan fingerprint density at radius 2 is 2.19 bits per heavy atom. The first kappa shape index (κ1) is 11.4. The number of nitrogens with two attached hydrogens (primary N) is 1. The van der Waals surface area contributed by atoms with Gasteiger partial charge >= 0.3 is 0 Å². The van der Waals surface area contributed by atoms with Crippen LogP contribution in [0.4, 0.5) is 5.00 Å². The highest BCUT2D eigenvalue weighted by molar-refractivity contribution is 7.09.